The Hall–Kier alpha value is -1.03. The number of carbonyl (C=O) groups is 2. The van der Waals surface area contributed by atoms with Gasteiger partial charge >= 0.3 is 0 Å². The largest absolute Gasteiger partial charge is 0.298 e. The van der Waals surface area contributed by atoms with Gasteiger partial charge in [-0.15, -0.1) is 0 Å². The molecule has 0 aromatic heterocycles. The quantitative estimate of drug-likeness (QED) is 0.592. The number of carbonyl (C=O) groups excluding carboxylic acids is 2. The van der Waals surface area contributed by atoms with E-state index in [1.165, 1.54) is 13.0 Å². The van der Waals surface area contributed by atoms with Crippen LogP contribution in [0.4, 0.5) is 4.39 Å². The molecule has 0 saturated carbocycles. The number of ketones is 1. The summed E-state index contributed by atoms with van der Waals surface area (Å²) in [5, 5.41) is 0. The van der Waals surface area contributed by atoms with Gasteiger partial charge in [0, 0.05) is 11.1 Å². The summed E-state index contributed by atoms with van der Waals surface area (Å²) in [7, 11) is 0. The molecule has 0 unspecified atom stereocenters. The summed E-state index contributed by atoms with van der Waals surface area (Å²) < 4.78 is 12.9. The van der Waals surface area contributed by atoms with Crippen molar-refractivity contribution in [2.75, 3.05) is 0 Å². The third-order valence-corrected chi connectivity index (χ3v) is 2.44. The van der Waals surface area contributed by atoms with Crippen LogP contribution in [0.2, 0.25) is 0 Å². The molecule has 0 bridgehead atoms. The van der Waals surface area contributed by atoms with Crippen LogP contribution in [-0.2, 0) is 0 Å². The minimum absolute atomic E-state index is 0.0372. The van der Waals surface area contributed by atoms with E-state index in [1.807, 2.05) is 0 Å². The Balaban J connectivity index is 3.47. The van der Waals surface area contributed by atoms with Gasteiger partial charge in [0.25, 0.3) is 0 Å². The van der Waals surface area contributed by atoms with Crippen molar-refractivity contribution in [2.24, 2.45) is 0 Å². The van der Waals surface area contributed by atoms with Gasteiger partial charge in [0.15, 0.2) is 12.1 Å². The second kappa shape index (κ2) is 3.79. The van der Waals surface area contributed by atoms with E-state index < -0.39 is 5.82 Å². The van der Waals surface area contributed by atoms with Crippen molar-refractivity contribution in [1.29, 1.82) is 0 Å². The summed E-state index contributed by atoms with van der Waals surface area (Å²) in [5.74, 6) is -0.810. The first-order valence-electron chi connectivity index (χ1n) is 3.52. The molecule has 0 atom stereocenters. The molecule has 68 valence electrons. The molecular formula is C9H6BrFO2. The summed E-state index contributed by atoms with van der Waals surface area (Å²) in [6.07, 6.45) is 0.462. The van der Waals surface area contributed by atoms with Crippen LogP contribution in [0.15, 0.2) is 16.6 Å². The minimum Gasteiger partial charge on any atom is -0.298 e. The number of halogens is 2. The number of benzene rings is 1. The van der Waals surface area contributed by atoms with Gasteiger partial charge < -0.3 is 0 Å². The molecule has 0 radical (unpaired) electrons. The van der Waals surface area contributed by atoms with Gasteiger partial charge in [-0.2, -0.15) is 0 Å². The van der Waals surface area contributed by atoms with Crippen molar-refractivity contribution in [1.82, 2.24) is 0 Å². The molecule has 0 spiro atoms. The van der Waals surface area contributed by atoms with E-state index in [4.69, 9.17) is 0 Å². The van der Waals surface area contributed by atoms with Crippen LogP contribution in [0.5, 0.6) is 0 Å². The fraction of sp³-hybridized carbons (Fsp3) is 0.111. The smallest absolute Gasteiger partial charge is 0.160 e. The van der Waals surface area contributed by atoms with E-state index >= 15 is 0 Å². The van der Waals surface area contributed by atoms with Crippen molar-refractivity contribution < 1.29 is 14.0 Å². The molecule has 0 heterocycles. The Morgan fingerprint density at radius 1 is 1.54 bits per heavy atom. The highest BCUT2D eigenvalue weighted by Gasteiger charge is 2.13. The van der Waals surface area contributed by atoms with Gasteiger partial charge in [-0.05, 0) is 35.0 Å². The number of hydrogen-bond donors (Lipinski definition) is 0. The van der Waals surface area contributed by atoms with Gasteiger partial charge in [-0.1, -0.05) is 0 Å². The highest BCUT2D eigenvalue weighted by atomic mass is 79.9. The van der Waals surface area contributed by atoms with E-state index in [0.29, 0.717) is 6.29 Å². The predicted octanol–water partition coefficient (Wildman–Crippen LogP) is 2.60. The Labute approximate surface area is 82.9 Å². The first-order chi connectivity index (χ1) is 6.07. The van der Waals surface area contributed by atoms with Crippen molar-refractivity contribution in [3.8, 4) is 0 Å². The molecule has 1 aromatic carbocycles. The van der Waals surface area contributed by atoms with E-state index in [1.54, 1.807) is 0 Å². The highest BCUT2D eigenvalue weighted by Crippen LogP contribution is 2.22. The molecule has 0 fully saturated rings. The van der Waals surface area contributed by atoms with E-state index in [-0.39, 0.29) is 21.4 Å². The first kappa shape index (κ1) is 10.1. The Morgan fingerprint density at radius 3 is 2.62 bits per heavy atom. The Kier molecular flexibility index (Phi) is 2.93. The summed E-state index contributed by atoms with van der Waals surface area (Å²) in [4.78, 5) is 21.5. The van der Waals surface area contributed by atoms with Gasteiger partial charge in [0.05, 0.1) is 4.47 Å². The maximum Gasteiger partial charge on any atom is 0.160 e. The third kappa shape index (κ3) is 1.83. The molecular weight excluding hydrogens is 239 g/mol. The molecule has 13 heavy (non-hydrogen) atoms. The molecule has 0 aliphatic heterocycles. The van der Waals surface area contributed by atoms with Crippen LogP contribution in [0, 0.1) is 5.82 Å². The molecule has 0 aliphatic carbocycles. The number of hydrogen-bond acceptors (Lipinski definition) is 2. The van der Waals surface area contributed by atoms with Crippen molar-refractivity contribution in [3.05, 3.63) is 33.5 Å². The molecule has 1 aromatic rings. The van der Waals surface area contributed by atoms with Crippen LogP contribution >= 0.6 is 15.9 Å². The highest BCUT2D eigenvalue weighted by molar-refractivity contribution is 9.10. The Bertz CT molecular complexity index is 374. The van der Waals surface area contributed by atoms with Gasteiger partial charge in [0.2, 0.25) is 0 Å². The standard InChI is InChI=1S/C9H6BrFO2/c1-5(13)6-2-3-8(11)9(10)7(6)4-12/h2-4H,1H3. The second-order valence-electron chi connectivity index (χ2n) is 2.50. The zero-order chi connectivity index (χ0) is 10.0. The van der Waals surface area contributed by atoms with Gasteiger partial charge in [0.1, 0.15) is 5.82 Å². The number of Topliss-reactive ketones (excluding diaryl/α,β-unsaturated/α-hetero) is 1. The van der Waals surface area contributed by atoms with Crippen molar-refractivity contribution >= 4 is 28.0 Å². The molecule has 0 saturated heterocycles. The number of aldehydes is 1. The summed E-state index contributed by atoms with van der Waals surface area (Å²) in [6.45, 7) is 1.33. The molecule has 1 rings (SSSR count). The maximum absolute atomic E-state index is 12.9. The molecule has 2 nitrogen and oxygen atoms in total. The Morgan fingerprint density at radius 2 is 2.15 bits per heavy atom. The lowest BCUT2D eigenvalue weighted by Gasteiger charge is -2.03. The summed E-state index contributed by atoms with van der Waals surface area (Å²) >= 11 is 2.90. The van der Waals surface area contributed by atoms with Crippen LogP contribution in [0.3, 0.4) is 0 Å². The fourth-order valence-corrected chi connectivity index (χ4v) is 1.43. The van der Waals surface area contributed by atoms with Gasteiger partial charge in [-0.3, -0.25) is 9.59 Å². The SMILES string of the molecule is CC(=O)c1ccc(F)c(Br)c1C=O. The van der Waals surface area contributed by atoms with Crippen LogP contribution in [0.25, 0.3) is 0 Å². The van der Waals surface area contributed by atoms with Crippen LogP contribution < -0.4 is 0 Å². The monoisotopic (exact) mass is 244 g/mol. The zero-order valence-electron chi connectivity index (χ0n) is 6.80. The first-order valence-corrected chi connectivity index (χ1v) is 4.31. The van der Waals surface area contributed by atoms with Crippen molar-refractivity contribution in [2.45, 2.75) is 6.92 Å². The van der Waals surface area contributed by atoms with E-state index in [9.17, 15) is 14.0 Å². The van der Waals surface area contributed by atoms with Crippen LogP contribution in [-0.4, -0.2) is 12.1 Å². The second-order valence-corrected chi connectivity index (χ2v) is 3.29. The topological polar surface area (TPSA) is 34.1 Å². The lowest BCUT2D eigenvalue weighted by atomic mass is 10.1. The zero-order valence-corrected chi connectivity index (χ0v) is 8.39. The molecule has 4 heteroatoms. The fourth-order valence-electron chi connectivity index (χ4n) is 0.989. The summed E-state index contributed by atoms with van der Waals surface area (Å²) in [5.41, 5.74) is 0.288. The average Bonchev–Trinajstić information content (AvgIpc) is 2.09. The maximum atomic E-state index is 12.9. The summed E-state index contributed by atoms with van der Waals surface area (Å²) in [6, 6.07) is 2.44. The predicted molar refractivity (Wildman–Crippen MR) is 49.5 cm³/mol. The van der Waals surface area contributed by atoms with Crippen LogP contribution in [0.1, 0.15) is 27.6 Å². The van der Waals surface area contributed by atoms with Crippen molar-refractivity contribution in [3.63, 3.8) is 0 Å². The lowest BCUT2D eigenvalue weighted by molar-refractivity contribution is 0.100. The molecule has 0 aliphatic rings. The van der Waals surface area contributed by atoms with E-state index in [0.717, 1.165) is 6.07 Å². The minimum atomic E-state index is -0.549. The van der Waals surface area contributed by atoms with E-state index in [2.05, 4.69) is 15.9 Å². The number of rotatable bonds is 2. The molecule has 0 amide bonds. The van der Waals surface area contributed by atoms with Gasteiger partial charge in [-0.25, -0.2) is 4.39 Å². The average molecular weight is 245 g/mol. The molecule has 0 N–H and O–H groups in total. The third-order valence-electron chi connectivity index (χ3n) is 1.63. The normalized spacial score (nSPS) is 9.77. The lowest BCUT2D eigenvalue weighted by Crippen LogP contribution is -2.00.